The van der Waals surface area contributed by atoms with E-state index in [4.69, 9.17) is 0 Å². The molecule has 0 heterocycles. The van der Waals surface area contributed by atoms with E-state index in [0.29, 0.717) is 5.75 Å². The maximum absolute atomic E-state index is 10.4. The highest BCUT2D eigenvalue weighted by Crippen LogP contribution is 2.31. The second kappa shape index (κ2) is 5.44. The van der Waals surface area contributed by atoms with E-state index in [9.17, 15) is 5.11 Å². The van der Waals surface area contributed by atoms with Gasteiger partial charge in [-0.05, 0) is 40.1 Å². The molecule has 1 nitrogen and oxygen atoms in total. The summed E-state index contributed by atoms with van der Waals surface area (Å²) in [5, 5.41) is 15.2. The van der Waals surface area contributed by atoms with E-state index in [1.54, 1.807) is 6.07 Å². The molecule has 4 aromatic carbocycles. The lowest BCUT2D eigenvalue weighted by Gasteiger charge is -2.12. The largest absolute Gasteiger partial charge is 0.508 e. The normalized spacial score (nSPS) is 11.2. The molecule has 0 unspecified atom stereocenters. The molecule has 112 valence electrons. The summed E-state index contributed by atoms with van der Waals surface area (Å²) in [6.45, 7) is 2.12. The van der Waals surface area contributed by atoms with Gasteiger partial charge >= 0.3 is 0 Å². The highest BCUT2D eigenvalue weighted by atomic mass is 16.3. The van der Waals surface area contributed by atoms with E-state index in [1.165, 1.54) is 21.9 Å². The van der Waals surface area contributed by atoms with E-state index in [1.807, 2.05) is 18.2 Å². The van der Waals surface area contributed by atoms with Crippen LogP contribution in [0.2, 0.25) is 0 Å². The number of rotatable bonds is 2. The fraction of sp³-hybridized carbons (Fsp3) is 0.0909. The minimum Gasteiger partial charge on any atom is -0.508 e. The van der Waals surface area contributed by atoms with Crippen LogP contribution in [0.25, 0.3) is 21.5 Å². The number of hydrogen-bond acceptors (Lipinski definition) is 1. The number of fused-ring (bicyclic) bond motifs is 2. The molecule has 0 atom stereocenters. The summed E-state index contributed by atoms with van der Waals surface area (Å²) in [6, 6.07) is 24.9. The Balaban J connectivity index is 1.94. The molecule has 0 bridgehead atoms. The summed E-state index contributed by atoms with van der Waals surface area (Å²) in [5.74, 6) is 0.370. The molecule has 0 amide bonds. The van der Waals surface area contributed by atoms with Crippen LogP contribution in [0.5, 0.6) is 5.75 Å². The van der Waals surface area contributed by atoms with E-state index in [0.717, 1.165) is 22.8 Å². The standard InChI is InChI=1S/C22H18O/c1-15-12-17-7-3-4-8-19(17)18(13-15)14-21-20-9-5-2-6-16(20)10-11-22(21)23/h2-13,23H,14H2,1H3. The first-order valence-corrected chi connectivity index (χ1v) is 7.90. The molecule has 23 heavy (non-hydrogen) atoms. The molecule has 4 aromatic rings. The van der Waals surface area contributed by atoms with Crippen molar-refractivity contribution >= 4 is 21.5 Å². The van der Waals surface area contributed by atoms with Crippen molar-refractivity contribution in [2.45, 2.75) is 13.3 Å². The van der Waals surface area contributed by atoms with Gasteiger partial charge in [-0.1, -0.05) is 72.3 Å². The Bertz CT molecular complexity index is 1010. The lowest BCUT2D eigenvalue weighted by Crippen LogP contribution is -1.93. The molecular formula is C22H18O. The number of phenolic OH excluding ortho intramolecular Hbond substituents is 1. The molecule has 4 rings (SSSR count). The molecule has 0 saturated carbocycles. The highest BCUT2D eigenvalue weighted by Gasteiger charge is 2.10. The molecule has 0 aliphatic carbocycles. The fourth-order valence-corrected chi connectivity index (χ4v) is 3.40. The maximum Gasteiger partial charge on any atom is 0.119 e. The fourth-order valence-electron chi connectivity index (χ4n) is 3.40. The highest BCUT2D eigenvalue weighted by molar-refractivity contribution is 5.90. The number of hydrogen-bond donors (Lipinski definition) is 1. The molecule has 1 heteroatoms. The Kier molecular flexibility index (Phi) is 3.27. The van der Waals surface area contributed by atoms with Crippen molar-refractivity contribution in [3.05, 3.63) is 89.5 Å². The van der Waals surface area contributed by atoms with Crippen LogP contribution in [0.3, 0.4) is 0 Å². The first-order chi connectivity index (χ1) is 11.2. The third-order valence-electron chi connectivity index (χ3n) is 4.47. The average molecular weight is 298 g/mol. The minimum atomic E-state index is 0.370. The van der Waals surface area contributed by atoms with E-state index < -0.39 is 0 Å². The van der Waals surface area contributed by atoms with Crippen LogP contribution in [0, 0.1) is 6.92 Å². The SMILES string of the molecule is Cc1cc(Cc2c(O)ccc3ccccc23)c2ccccc2c1. The number of phenols is 1. The van der Waals surface area contributed by atoms with Gasteiger partial charge in [-0.2, -0.15) is 0 Å². The van der Waals surface area contributed by atoms with Gasteiger partial charge in [-0.25, -0.2) is 0 Å². The predicted molar refractivity (Wildman–Crippen MR) is 97.1 cm³/mol. The summed E-state index contributed by atoms with van der Waals surface area (Å²) >= 11 is 0. The first kappa shape index (κ1) is 13.8. The van der Waals surface area contributed by atoms with Crippen molar-refractivity contribution in [1.82, 2.24) is 0 Å². The lowest BCUT2D eigenvalue weighted by atomic mass is 9.93. The van der Waals surface area contributed by atoms with E-state index >= 15 is 0 Å². The third kappa shape index (κ3) is 2.44. The van der Waals surface area contributed by atoms with Gasteiger partial charge in [0.25, 0.3) is 0 Å². The summed E-state index contributed by atoms with van der Waals surface area (Å²) in [7, 11) is 0. The van der Waals surface area contributed by atoms with Crippen LogP contribution in [0.1, 0.15) is 16.7 Å². The van der Waals surface area contributed by atoms with Crippen molar-refractivity contribution in [2.24, 2.45) is 0 Å². The first-order valence-electron chi connectivity index (χ1n) is 7.90. The van der Waals surface area contributed by atoms with Gasteiger partial charge in [0.2, 0.25) is 0 Å². The van der Waals surface area contributed by atoms with Gasteiger partial charge in [-0.15, -0.1) is 0 Å². The van der Waals surface area contributed by atoms with Crippen molar-refractivity contribution in [3.8, 4) is 5.75 Å². The van der Waals surface area contributed by atoms with Crippen molar-refractivity contribution < 1.29 is 5.11 Å². The molecule has 0 aromatic heterocycles. The molecule has 0 fully saturated rings. The van der Waals surface area contributed by atoms with Crippen LogP contribution in [-0.2, 0) is 6.42 Å². The number of aryl methyl sites for hydroxylation is 1. The van der Waals surface area contributed by atoms with E-state index in [-0.39, 0.29) is 0 Å². The molecule has 0 saturated heterocycles. The van der Waals surface area contributed by atoms with Crippen LogP contribution in [0.15, 0.2) is 72.8 Å². The van der Waals surface area contributed by atoms with Crippen LogP contribution in [0.4, 0.5) is 0 Å². The molecule has 0 spiro atoms. The average Bonchev–Trinajstić information content (AvgIpc) is 2.57. The molecule has 0 radical (unpaired) electrons. The molecule has 1 N–H and O–H groups in total. The summed E-state index contributed by atoms with van der Waals surface area (Å²) < 4.78 is 0. The van der Waals surface area contributed by atoms with Gasteiger partial charge in [0.15, 0.2) is 0 Å². The molecular weight excluding hydrogens is 280 g/mol. The minimum absolute atomic E-state index is 0.370. The number of aromatic hydroxyl groups is 1. The second-order valence-electron chi connectivity index (χ2n) is 6.11. The second-order valence-corrected chi connectivity index (χ2v) is 6.11. The molecule has 0 aliphatic rings. The topological polar surface area (TPSA) is 20.2 Å². The Hall–Kier alpha value is -2.80. The van der Waals surface area contributed by atoms with Crippen LogP contribution in [-0.4, -0.2) is 5.11 Å². The zero-order valence-electron chi connectivity index (χ0n) is 13.1. The Morgan fingerprint density at radius 2 is 1.43 bits per heavy atom. The molecule has 0 aliphatic heterocycles. The van der Waals surface area contributed by atoms with Gasteiger partial charge in [0.05, 0.1) is 0 Å². The van der Waals surface area contributed by atoms with Crippen LogP contribution >= 0.6 is 0 Å². The monoisotopic (exact) mass is 298 g/mol. The van der Waals surface area contributed by atoms with Crippen molar-refractivity contribution in [3.63, 3.8) is 0 Å². The summed E-state index contributed by atoms with van der Waals surface area (Å²) in [5.41, 5.74) is 3.50. The number of benzene rings is 4. The smallest absolute Gasteiger partial charge is 0.119 e. The lowest BCUT2D eigenvalue weighted by molar-refractivity contribution is 0.470. The Labute approximate surface area is 135 Å². The predicted octanol–water partition coefficient (Wildman–Crippen LogP) is 5.60. The van der Waals surface area contributed by atoms with Crippen molar-refractivity contribution in [1.29, 1.82) is 0 Å². The zero-order chi connectivity index (χ0) is 15.8. The Morgan fingerprint density at radius 3 is 2.26 bits per heavy atom. The summed E-state index contributed by atoms with van der Waals surface area (Å²) in [6.07, 6.45) is 0.732. The van der Waals surface area contributed by atoms with E-state index in [2.05, 4.69) is 55.5 Å². The van der Waals surface area contributed by atoms with Crippen LogP contribution < -0.4 is 0 Å². The van der Waals surface area contributed by atoms with Gasteiger partial charge in [0.1, 0.15) is 5.75 Å². The quantitative estimate of drug-likeness (QED) is 0.511. The zero-order valence-corrected chi connectivity index (χ0v) is 13.1. The van der Waals surface area contributed by atoms with Gasteiger partial charge in [-0.3, -0.25) is 0 Å². The third-order valence-corrected chi connectivity index (χ3v) is 4.47. The summed E-state index contributed by atoms with van der Waals surface area (Å²) in [4.78, 5) is 0. The van der Waals surface area contributed by atoms with Gasteiger partial charge in [0, 0.05) is 12.0 Å². The Morgan fingerprint density at radius 1 is 0.739 bits per heavy atom. The maximum atomic E-state index is 10.4. The van der Waals surface area contributed by atoms with Gasteiger partial charge < -0.3 is 5.11 Å². The van der Waals surface area contributed by atoms with Crippen molar-refractivity contribution in [2.75, 3.05) is 0 Å².